The second-order valence-corrected chi connectivity index (χ2v) is 5.01. The van der Waals surface area contributed by atoms with Crippen LogP contribution in [0.15, 0.2) is 46.9 Å². The number of hydrogen-bond donors (Lipinski definition) is 3. The molecule has 0 atom stereocenters. The summed E-state index contributed by atoms with van der Waals surface area (Å²) in [7, 11) is 0. The highest BCUT2D eigenvalue weighted by atomic mass is 79.9. The first-order valence-corrected chi connectivity index (χ1v) is 6.62. The number of amides is 1. The molecule has 4 N–H and O–H groups in total. The summed E-state index contributed by atoms with van der Waals surface area (Å²) < 4.78 is 0.802. The maximum Gasteiger partial charge on any atom is 0.270 e. The first-order chi connectivity index (χ1) is 10.0. The van der Waals surface area contributed by atoms with Gasteiger partial charge < -0.3 is 10.7 Å². The number of nitrogen functional groups attached to an aromatic ring is 1. The zero-order valence-corrected chi connectivity index (χ0v) is 12.3. The van der Waals surface area contributed by atoms with Gasteiger partial charge >= 0.3 is 0 Å². The van der Waals surface area contributed by atoms with Crippen molar-refractivity contribution in [1.82, 2.24) is 0 Å². The van der Waals surface area contributed by atoms with E-state index in [0.29, 0.717) is 11.4 Å². The number of hydrogen-bond acceptors (Lipinski definition) is 5. The third-order valence-electron chi connectivity index (χ3n) is 2.70. The van der Waals surface area contributed by atoms with Crippen LogP contribution < -0.4 is 16.6 Å². The highest BCUT2D eigenvalue weighted by Gasteiger charge is 2.16. The number of nitrogens with two attached hydrogens (primary N) is 1. The van der Waals surface area contributed by atoms with Crippen molar-refractivity contribution in [1.29, 1.82) is 0 Å². The number of nitrogens with zero attached hydrogens (tertiary/aromatic N) is 1. The van der Waals surface area contributed by atoms with E-state index in [2.05, 4.69) is 26.7 Å². The van der Waals surface area contributed by atoms with Gasteiger partial charge in [-0.2, -0.15) is 0 Å². The maximum absolute atomic E-state index is 12.2. The van der Waals surface area contributed by atoms with Crippen molar-refractivity contribution in [3.05, 3.63) is 62.6 Å². The average Bonchev–Trinajstić information content (AvgIpc) is 2.46. The van der Waals surface area contributed by atoms with Crippen molar-refractivity contribution in [3.63, 3.8) is 0 Å². The molecule has 2 rings (SSSR count). The third-order valence-corrected chi connectivity index (χ3v) is 3.19. The topological polar surface area (TPSA) is 110 Å². The Bertz CT molecular complexity index is 706. The van der Waals surface area contributed by atoms with E-state index in [0.717, 1.165) is 4.47 Å². The van der Waals surface area contributed by atoms with Crippen molar-refractivity contribution in [2.75, 3.05) is 10.7 Å². The molecule has 8 heteroatoms. The van der Waals surface area contributed by atoms with E-state index in [1.165, 1.54) is 18.2 Å². The monoisotopic (exact) mass is 350 g/mol. The molecule has 108 valence electrons. The summed E-state index contributed by atoms with van der Waals surface area (Å²) in [6.07, 6.45) is 0. The number of halogens is 1. The van der Waals surface area contributed by atoms with Gasteiger partial charge in [-0.25, -0.2) is 0 Å². The molecule has 7 nitrogen and oxygen atoms in total. The van der Waals surface area contributed by atoms with Gasteiger partial charge in [-0.15, -0.1) is 0 Å². The number of anilines is 2. The molecule has 2 aromatic carbocycles. The summed E-state index contributed by atoms with van der Waals surface area (Å²) in [5, 5.41) is 13.4. The van der Waals surface area contributed by atoms with E-state index in [1.807, 2.05) is 6.07 Å². The molecular weight excluding hydrogens is 340 g/mol. The van der Waals surface area contributed by atoms with Gasteiger partial charge in [0, 0.05) is 22.3 Å². The van der Waals surface area contributed by atoms with Crippen LogP contribution in [-0.2, 0) is 0 Å². The van der Waals surface area contributed by atoms with Crippen molar-refractivity contribution in [2.24, 2.45) is 5.84 Å². The number of benzene rings is 2. The van der Waals surface area contributed by atoms with Crippen LogP contribution in [0.1, 0.15) is 10.4 Å². The van der Waals surface area contributed by atoms with Gasteiger partial charge in [-0.1, -0.05) is 22.0 Å². The molecule has 0 aliphatic carbocycles. The van der Waals surface area contributed by atoms with E-state index in [9.17, 15) is 14.9 Å². The van der Waals surface area contributed by atoms with Gasteiger partial charge in [0.15, 0.2) is 0 Å². The van der Waals surface area contributed by atoms with Crippen LogP contribution in [0, 0.1) is 10.1 Å². The molecule has 0 radical (unpaired) electrons. The smallest absolute Gasteiger partial charge is 0.270 e. The van der Waals surface area contributed by atoms with Gasteiger partial charge in [-0.05, 0) is 24.3 Å². The Morgan fingerprint density at radius 3 is 2.62 bits per heavy atom. The Kier molecular flexibility index (Phi) is 4.51. The van der Waals surface area contributed by atoms with Gasteiger partial charge in [0.2, 0.25) is 0 Å². The zero-order chi connectivity index (χ0) is 15.4. The Morgan fingerprint density at radius 1 is 1.24 bits per heavy atom. The Hall–Kier alpha value is -2.45. The molecule has 0 aromatic heterocycles. The SMILES string of the molecule is NNc1ccc([N+](=O)[O-])cc1C(=O)Nc1cccc(Br)c1. The van der Waals surface area contributed by atoms with Crippen LogP contribution in [0.25, 0.3) is 0 Å². The lowest BCUT2D eigenvalue weighted by Gasteiger charge is -2.09. The highest BCUT2D eigenvalue weighted by Crippen LogP contribution is 2.23. The third kappa shape index (κ3) is 3.56. The maximum atomic E-state index is 12.2. The molecular formula is C13H11BrN4O3. The molecule has 0 spiro atoms. The fourth-order valence-electron chi connectivity index (χ4n) is 1.72. The number of hydrazine groups is 1. The lowest BCUT2D eigenvalue weighted by atomic mass is 10.1. The fourth-order valence-corrected chi connectivity index (χ4v) is 2.12. The Labute approximate surface area is 128 Å². The lowest BCUT2D eigenvalue weighted by Crippen LogP contribution is -2.17. The summed E-state index contributed by atoms with van der Waals surface area (Å²) >= 11 is 3.29. The summed E-state index contributed by atoms with van der Waals surface area (Å²) in [5.41, 5.74) is 3.11. The number of carbonyl (C=O) groups excluding carboxylic acids is 1. The number of nitrogens with one attached hydrogen (secondary N) is 2. The first kappa shape index (κ1) is 14.9. The summed E-state index contributed by atoms with van der Waals surface area (Å²) in [4.78, 5) is 22.5. The zero-order valence-electron chi connectivity index (χ0n) is 10.7. The number of carbonyl (C=O) groups is 1. The van der Waals surface area contributed by atoms with Crippen LogP contribution in [0.5, 0.6) is 0 Å². The van der Waals surface area contributed by atoms with Crippen molar-refractivity contribution in [2.45, 2.75) is 0 Å². The summed E-state index contributed by atoms with van der Waals surface area (Å²) in [5.74, 6) is 4.83. The van der Waals surface area contributed by atoms with E-state index < -0.39 is 10.8 Å². The molecule has 0 saturated heterocycles. The molecule has 0 bridgehead atoms. The highest BCUT2D eigenvalue weighted by molar-refractivity contribution is 9.10. The predicted octanol–water partition coefficient (Wildman–Crippen LogP) is 2.90. The normalized spacial score (nSPS) is 10.0. The molecule has 0 unspecified atom stereocenters. The minimum atomic E-state index is -0.573. The Balaban J connectivity index is 2.33. The molecule has 0 saturated carbocycles. The van der Waals surface area contributed by atoms with Crippen molar-refractivity contribution >= 4 is 38.9 Å². The van der Waals surface area contributed by atoms with Crippen LogP contribution in [0.4, 0.5) is 17.1 Å². The molecule has 21 heavy (non-hydrogen) atoms. The van der Waals surface area contributed by atoms with Gasteiger partial charge in [0.25, 0.3) is 11.6 Å². The van der Waals surface area contributed by atoms with Crippen LogP contribution >= 0.6 is 15.9 Å². The molecule has 0 aliphatic heterocycles. The molecule has 0 aliphatic rings. The van der Waals surface area contributed by atoms with Crippen LogP contribution in [-0.4, -0.2) is 10.8 Å². The number of nitro groups is 1. The van der Waals surface area contributed by atoms with E-state index in [1.54, 1.807) is 18.2 Å². The van der Waals surface area contributed by atoms with Crippen molar-refractivity contribution < 1.29 is 9.72 Å². The summed E-state index contributed by atoms with van der Waals surface area (Å²) in [6, 6.07) is 10.8. The minimum Gasteiger partial charge on any atom is -0.323 e. The van der Waals surface area contributed by atoms with Gasteiger partial charge in [-0.3, -0.25) is 20.8 Å². The predicted molar refractivity (Wildman–Crippen MR) is 83.0 cm³/mol. The number of rotatable bonds is 4. The van der Waals surface area contributed by atoms with Gasteiger partial charge in [0.05, 0.1) is 16.2 Å². The first-order valence-electron chi connectivity index (χ1n) is 5.83. The average molecular weight is 351 g/mol. The van der Waals surface area contributed by atoms with Crippen LogP contribution in [0.2, 0.25) is 0 Å². The second kappa shape index (κ2) is 6.33. The lowest BCUT2D eigenvalue weighted by molar-refractivity contribution is -0.384. The standard InChI is InChI=1S/C13H11BrN4O3/c14-8-2-1-3-9(6-8)16-13(19)11-7-10(18(20)21)4-5-12(11)17-15/h1-7,17H,15H2,(H,16,19). The van der Waals surface area contributed by atoms with E-state index >= 15 is 0 Å². The molecule has 0 heterocycles. The fraction of sp³-hybridized carbons (Fsp3) is 0. The summed E-state index contributed by atoms with van der Waals surface area (Å²) in [6.45, 7) is 0. The second-order valence-electron chi connectivity index (χ2n) is 4.10. The molecule has 1 amide bonds. The quantitative estimate of drug-likeness (QED) is 0.446. The largest absolute Gasteiger partial charge is 0.323 e. The van der Waals surface area contributed by atoms with E-state index in [4.69, 9.17) is 5.84 Å². The number of non-ortho nitro benzene ring substituents is 1. The van der Waals surface area contributed by atoms with E-state index in [-0.39, 0.29) is 11.3 Å². The Morgan fingerprint density at radius 2 is 2.00 bits per heavy atom. The van der Waals surface area contributed by atoms with Gasteiger partial charge in [0.1, 0.15) is 0 Å². The molecule has 2 aromatic rings. The number of nitro benzene ring substituents is 1. The minimum absolute atomic E-state index is 0.0895. The van der Waals surface area contributed by atoms with Crippen LogP contribution in [0.3, 0.4) is 0 Å². The molecule has 0 fully saturated rings. The van der Waals surface area contributed by atoms with Crippen molar-refractivity contribution in [3.8, 4) is 0 Å².